The van der Waals surface area contributed by atoms with E-state index in [-0.39, 0.29) is 5.91 Å². The van der Waals surface area contributed by atoms with Gasteiger partial charge in [-0.05, 0) is 48.7 Å². The van der Waals surface area contributed by atoms with Crippen LogP contribution >= 0.6 is 23.2 Å². The monoisotopic (exact) mass is 376 g/mol. The standard InChI is InChI=1S/C19H18Cl2N2O2/c1-12-11-23(2)18(17(12)16-4-3-9-25-16)19(24)22-8-7-13-5-6-14(20)15(21)10-13/h3-6,9-11H,7-8H2,1-2H3,(H,22,24). The second-order valence-corrected chi connectivity index (χ2v) is 6.69. The van der Waals surface area contributed by atoms with Gasteiger partial charge < -0.3 is 14.3 Å². The first-order valence-corrected chi connectivity index (χ1v) is 8.65. The number of halogens is 2. The number of aromatic nitrogens is 1. The highest BCUT2D eigenvalue weighted by molar-refractivity contribution is 6.42. The van der Waals surface area contributed by atoms with Gasteiger partial charge in [-0.3, -0.25) is 4.79 Å². The summed E-state index contributed by atoms with van der Waals surface area (Å²) in [6, 6.07) is 9.15. The van der Waals surface area contributed by atoms with Crippen LogP contribution in [0.5, 0.6) is 0 Å². The van der Waals surface area contributed by atoms with Crippen molar-refractivity contribution < 1.29 is 9.21 Å². The number of aryl methyl sites for hydroxylation is 2. The molecule has 0 aliphatic rings. The van der Waals surface area contributed by atoms with Crippen LogP contribution in [-0.4, -0.2) is 17.0 Å². The van der Waals surface area contributed by atoms with Crippen molar-refractivity contribution in [3.05, 3.63) is 69.7 Å². The number of furan rings is 1. The SMILES string of the molecule is Cc1cn(C)c(C(=O)NCCc2ccc(Cl)c(Cl)c2)c1-c1ccco1. The number of hydrogen-bond donors (Lipinski definition) is 1. The number of nitrogens with zero attached hydrogens (tertiary/aromatic N) is 1. The van der Waals surface area contributed by atoms with Crippen LogP contribution in [0, 0.1) is 6.92 Å². The molecule has 6 heteroatoms. The average molecular weight is 377 g/mol. The number of carbonyl (C=O) groups excluding carboxylic acids is 1. The molecule has 2 aromatic heterocycles. The Bertz CT molecular complexity index is 899. The zero-order valence-corrected chi connectivity index (χ0v) is 15.5. The minimum atomic E-state index is -0.137. The maximum atomic E-state index is 12.7. The quantitative estimate of drug-likeness (QED) is 0.689. The normalized spacial score (nSPS) is 10.9. The number of hydrogen-bond acceptors (Lipinski definition) is 2. The fourth-order valence-corrected chi connectivity index (χ4v) is 3.21. The van der Waals surface area contributed by atoms with E-state index >= 15 is 0 Å². The van der Waals surface area contributed by atoms with Crippen molar-refractivity contribution in [3.63, 3.8) is 0 Å². The largest absolute Gasteiger partial charge is 0.464 e. The van der Waals surface area contributed by atoms with E-state index in [1.165, 1.54) is 0 Å². The van der Waals surface area contributed by atoms with Crippen molar-refractivity contribution in [2.45, 2.75) is 13.3 Å². The molecule has 1 aromatic carbocycles. The minimum absolute atomic E-state index is 0.137. The maximum Gasteiger partial charge on any atom is 0.268 e. The van der Waals surface area contributed by atoms with Gasteiger partial charge >= 0.3 is 0 Å². The summed E-state index contributed by atoms with van der Waals surface area (Å²) in [5.74, 6) is 0.551. The van der Waals surface area contributed by atoms with E-state index in [1.54, 1.807) is 12.3 Å². The highest BCUT2D eigenvalue weighted by Crippen LogP contribution is 2.29. The van der Waals surface area contributed by atoms with Crippen LogP contribution in [0.2, 0.25) is 10.0 Å². The van der Waals surface area contributed by atoms with Crippen LogP contribution in [0.25, 0.3) is 11.3 Å². The first-order valence-electron chi connectivity index (χ1n) is 7.89. The molecule has 0 radical (unpaired) electrons. The molecule has 3 aromatic rings. The summed E-state index contributed by atoms with van der Waals surface area (Å²) in [5.41, 5.74) is 3.41. The van der Waals surface area contributed by atoms with Crippen LogP contribution < -0.4 is 5.32 Å². The van der Waals surface area contributed by atoms with Crippen molar-refractivity contribution >= 4 is 29.1 Å². The van der Waals surface area contributed by atoms with Crippen LogP contribution in [0.3, 0.4) is 0 Å². The average Bonchev–Trinajstić information content (AvgIpc) is 3.18. The zero-order chi connectivity index (χ0) is 18.0. The Morgan fingerprint density at radius 2 is 2.04 bits per heavy atom. The highest BCUT2D eigenvalue weighted by atomic mass is 35.5. The van der Waals surface area contributed by atoms with Crippen molar-refractivity contribution in [1.29, 1.82) is 0 Å². The van der Waals surface area contributed by atoms with Crippen LogP contribution in [0.1, 0.15) is 21.6 Å². The van der Waals surface area contributed by atoms with Gasteiger partial charge in [0.1, 0.15) is 11.5 Å². The first kappa shape index (κ1) is 17.6. The lowest BCUT2D eigenvalue weighted by molar-refractivity contribution is 0.0946. The number of nitrogens with one attached hydrogen (secondary N) is 1. The van der Waals surface area contributed by atoms with E-state index < -0.39 is 0 Å². The number of carbonyl (C=O) groups is 1. The van der Waals surface area contributed by atoms with Gasteiger partial charge in [0, 0.05) is 19.8 Å². The first-order chi connectivity index (χ1) is 12.0. The Kier molecular flexibility index (Phi) is 5.21. The second kappa shape index (κ2) is 7.38. The molecule has 25 heavy (non-hydrogen) atoms. The summed E-state index contributed by atoms with van der Waals surface area (Å²) in [6.45, 7) is 2.46. The lowest BCUT2D eigenvalue weighted by atomic mass is 10.1. The van der Waals surface area contributed by atoms with Crippen molar-refractivity contribution in [2.24, 2.45) is 7.05 Å². The lowest BCUT2D eigenvalue weighted by Gasteiger charge is -2.09. The minimum Gasteiger partial charge on any atom is -0.464 e. The van der Waals surface area contributed by atoms with E-state index in [0.29, 0.717) is 34.5 Å². The molecule has 2 heterocycles. The maximum absolute atomic E-state index is 12.7. The molecule has 1 amide bonds. The van der Waals surface area contributed by atoms with Gasteiger partial charge in [-0.2, -0.15) is 0 Å². The molecule has 0 bridgehead atoms. The van der Waals surface area contributed by atoms with Gasteiger partial charge in [0.05, 0.1) is 21.9 Å². The summed E-state index contributed by atoms with van der Waals surface area (Å²) >= 11 is 11.9. The summed E-state index contributed by atoms with van der Waals surface area (Å²) in [6.07, 6.45) is 4.20. The van der Waals surface area contributed by atoms with Crippen molar-refractivity contribution in [2.75, 3.05) is 6.54 Å². The molecule has 0 unspecified atom stereocenters. The van der Waals surface area contributed by atoms with Gasteiger partial charge in [-0.25, -0.2) is 0 Å². The van der Waals surface area contributed by atoms with Gasteiger partial charge in [0.2, 0.25) is 0 Å². The molecule has 0 saturated carbocycles. The fourth-order valence-electron chi connectivity index (χ4n) is 2.89. The van der Waals surface area contributed by atoms with Gasteiger partial charge in [-0.15, -0.1) is 0 Å². The number of amides is 1. The third-order valence-electron chi connectivity index (χ3n) is 4.04. The Labute approximate surface area is 156 Å². The molecule has 0 saturated heterocycles. The lowest BCUT2D eigenvalue weighted by Crippen LogP contribution is -2.27. The fraction of sp³-hybridized carbons (Fsp3) is 0.211. The Balaban J connectivity index is 1.73. The molecular weight excluding hydrogens is 359 g/mol. The van der Waals surface area contributed by atoms with Crippen molar-refractivity contribution in [1.82, 2.24) is 9.88 Å². The van der Waals surface area contributed by atoms with E-state index in [0.717, 1.165) is 16.7 Å². The summed E-state index contributed by atoms with van der Waals surface area (Å²) in [4.78, 5) is 12.7. The topological polar surface area (TPSA) is 47.2 Å². The molecule has 3 rings (SSSR count). The van der Waals surface area contributed by atoms with Crippen LogP contribution in [0.4, 0.5) is 0 Å². The summed E-state index contributed by atoms with van der Waals surface area (Å²) in [7, 11) is 1.85. The Morgan fingerprint density at radius 3 is 2.72 bits per heavy atom. The zero-order valence-electron chi connectivity index (χ0n) is 14.0. The molecule has 130 valence electrons. The molecule has 0 atom stereocenters. The molecule has 1 N–H and O–H groups in total. The predicted molar refractivity (Wildman–Crippen MR) is 100 cm³/mol. The molecule has 0 spiro atoms. The van der Waals surface area contributed by atoms with E-state index in [1.807, 2.05) is 49.0 Å². The summed E-state index contributed by atoms with van der Waals surface area (Å²) in [5, 5.41) is 4.00. The highest BCUT2D eigenvalue weighted by Gasteiger charge is 2.21. The number of rotatable bonds is 5. The van der Waals surface area contributed by atoms with Gasteiger partial charge in [-0.1, -0.05) is 29.3 Å². The predicted octanol–water partition coefficient (Wildman–Crippen LogP) is 4.87. The Morgan fingerprint density at radius 1 is 1.24 bits per heavy atom. The van der Waals surface area contributed by atoms with Gasteiger partial charge in [0.25, 0.3) is 5.91 Å². The third-order valence-corrected chi connectivity index (χ3v) is 4.78. The second-order valence-electron chi connectivity index (χ2n) is 5.88. The van der Waals surface area contributed by atoms with Gasteiger partial charge in [0.15, 0.2) is 0 Å². The van der Waals surface area contributed by atoms with E-state index in [9.17, 15) is 4.79 Å². The van der Waals surface area contributed by atoms with Crippen molar-refractivity contribution in [3.8, 4) is 11.3 Å². The summed E-state index contributed by atoms with van der Waals surface area (Å²) < 4.78 is 7.30. The van der Waals surface area contributed by atoms with Crippen LogP contribution in [-0.2, 0) is 13.5 Å². The molecule has 0 aliphatic heterocycles. The molecule has 0 aliphatic carbocycles. The molecule has 0 fully saturated rings. The molecule has 4 nitrogen and oxygen atoms in total. The van der Waals surface area contributed by atoms with Crippen LogP contribution in [0.15, 0.2) is 47.2 Å². The van der Waals surface area contributed by atoms with E-state index in [2.05, 4.69) is 5.32 Å². The smallest absolute Gasteiger partial charge is 0.268 e. The third kappa shape index (κ3) is 3.75. The molecular formula is C19H18Cl2N2O2. The number of benzene rings is 1. The van der Waals surface area contributed by atoms with E-state index in [4.69, 9.17) is 27.6 Å². The Hall–Kier alpha value is -2.17.